The van der Waals surface area contributed by atoms with Gasteiger partial charge in [0.25, 0.3) is 0 Å². The third-order valence-electron chi connectivity index (χ3n) is 6.54. The number of methoxy groups -OCH3 is 1. The Bertz CT molecular complexity index is 1270. The molecule has 1 saturated heterocycles. The van der Waals surface area contributed by atoms with Crippen LogP contribution in [-0.2, 0) is 20.6 Å². The third kappa shape index (κ3) is 5.34. The minimum atomic E-state index is -0.715. The van der Waals surface area contributed by atoms with Crippen molar-refractivity contribution in [1.29, 1.82) is 0 Å². The topological polar surface area (TPSA) is 94.6 Å². The summed E-state index contributed by atoms with van der Waals surface area (Å²) in [5.41, 5.74) is 2.02. The van der Waals surface area contributed by atoms with Crippen LogP contribution in [0.3, 0.4) is 0 Å². The first kappa shape index (κ1) is 25.6. The minimum Gasteiger partial charge on any atom is -0.465 e. The summed E-state index contributed by atoms with van der Waals surface area (Å²) in [5, 5.41) is 6.35. The highest BCUT2D eigenvalue weighted by atomic mass is 19.1. The van der Waals surface area contributed by atoms with Crippen LogP contribution in [0.5, 0.6) is 0 Å². The Morgan fingerprint density at radius 3 is 2.50 bits per heavy atom. The Morgan fingerprint density at radius 2 is 1.83 bits per heavy atom. The number of benzene rings is 2. The molecule has 0 spiro atoms. The third-order valence-corrected chi connectivity index (χ3v) is 6.54. The average Bonchev–Trinajstić information content (AvgIpc) is 3.05. The molecule has 3 aromatic rings. The van der Waals surface area contributed by atoms with E-state index in [9.17, 15) is 9.18 Å². The van der Waals surface area contributed by atoms with Gasteiger partial charge in [0.2, 0.25) is 5.95 Å². The number of ether oxygens (including phenoxy) is 1. The number of carbonyl (C=O) groups excluding carboxylic acids is 1. The molecule has 10 heteroatoms. The van der Waals surface area contributed by atoms with Gasteiger partial charge in [0.1, 0.15) is 11.6 Å². The molecule has 36 heavy (non-hydrogen) atoms. The molecule has 0 aliphatic carbocycles. The van der Waals surface area contributed by atoms with E-state index in [-0.39, 0.29) is 5.82 Å². The smallest absolute Gasteiger partial charge is 0.465 e. The van der Waals surface area contributed by atoms with Crippen molar-refractivity contribution >= 4 is 36.0 Å². The van der Waals surface area contributed by atoms with E-state index in [0.29, 0.717) is 35.0 Å². The monoisotopic (exact) mass is 492 g/mol. The van der Waals surface area contributed by atoms with Crippen molar-refractivity contribution in [3.05, 3.63) is 71.2 Å². The first-order chi connectivity index (χ1) is 17.0. The Kier molecular flexibility index (Phi) is 7.02. The van der Waals surface area contributed by atoms with Crippen molar-refractivity contribution in [3.8, 4) is 0 Å². The summed E-state index contributed by atoms with van der Waals surface area (Å²) >= 11 is 0. The molecule has 2 heterocycles. The van der Waals surface area contributed by atoms with Crippen LogP contribution >= 0.6 is 0 Å². The van der Waals surface area contributed by atoms with Gasteiger partial charge in [0, 0.05) is 24.0 Å². The van der Waals surface area contributed by atoms with Gasteiger partial charge in [-0.05, 0) is 69.9 Å². The molecule has 8 nitrogen and oxygen atoms in total. The van der Waals surface area contributed by atoms with Gasteiger partial charge >= 0.3 is 13.1 Å². The van der Waals surface area contributed by atoms with E-state index in [1.807, 2.05) is 40.7 Å². The molecule has 1 aliphatic rings. The Balaban J connectivity index is 1.56. The number of hydrogen-bond acceptors (Lipinski definition) is 8. The summed E-state index contributed by atoms with van der Waals surface area (Å²) < 4.78 is 30.8. The van der Waals surface area contributed by atoms with E-state index in [1.165, 1.54) is 19.2 Å². The predicted octanol–water partition coefficient (Wildman–Crippen LogP) is 4.37. The lowest BCUT2D eigenvalue weighted by Gasteiger charge is -2.32. The van der Waals surface area contributed by atoms with Crippen molar-refractivity contribution in [2.24, 2.45) is 0 Å². The van der Waals surface area contributed by atoms with Gasteiger partial charge in [0.05, 0.1) is 23.9 Å². The molecule has 0 bridgehead atoms. The highest BCUT2D eigenvalue weighted by Crippen LogP contribution is 2.37. The molecule has 2 N–H and O–H groups in total. The lowest BCUT2D eigenvalue weighted by molar-refractivity contribution is 0.00578. The lowest BCUT2D eigenvalue weighted by Crippen LogP contribution is -2.41. The maximum absolute atomic E-state index is 13.5. The number of halogens is 1. The number of nitrogens with zero attached hydrogens (tertiary/aromatic N) is 2. The molecular formula is C26H30BFN4O4. The quantitative estimate of drug-likeness (QED) is 0.371. The molecule has 0 radical (unpaired) electrons. The molecule has 0 amide bonds. The van der Waals surface area contributed by atoms with Crippen LogP contribution in [0.4, 0.5) is 21.8 Å². The number of aromatic nitrogens is 2. The Hall–Kier alpha value is -3.50. The number of rotatable bonds is 7. The van der Waals surface area contributed by atoms with Crippen molar-refractivity contribution in [3.63, 3.8) is 0 Å². The van der Waals surface area contributed by atoms with E-state index in [1.54, 1.807) is 30.5 Å². The second-order valence-electron chi connectivity index (χ2n) is 9.72. The number of esters is 1. The van der Waals surface area contributed by atoms with E-state index >= 15 is 0 Å². The number of hydrogen-bond donors (Lipinski definition) is 2. The fraction of sp³-hybridized carbons (Fsp3) is 0.346. The van der Waals surface area contributed by atoms with Crippen molar-refractivity contribution < 1.29 is 23.2 Å². The average molecular weight is 492 g/mol. The van der Waals surface area contributed by atoms with Gasteiger partial charge in [-0.25, -0.2) is 14.2 Å². The predicted molar refractivity (Wildman–Crippen MR) is 137 cm³/mol. The van der Waals surface area contributed by atoms with Gasteiger partial charge in [-0.2, -0.15) is 4.98 Å². The normalized spacial score (nSPS) is 16.0. The first-order valence-electron chi connectivity index (χ1n) is 11.7. The highest BCUT2D eigenvalue weighted by Gasteiger charge is 2.52. The largest absolute Gasteiger partial charge is 0.495 e. The summed E-state index contributed by atoms with van der Waals surface area (Å²) in [6, 6.07) is 11.6. The van der Waals surface area contributed by atoms with Crippen molar-refractivity contribution in [2.45, 2.75) is 52.4 Å². The van der Waals surface area contributed by atoms with Gasteiger partial charge in [0.15, 0.2) is 0 Å². The number of anilines is 3. The van der Waals surface area contributed by atoms with Crippen LogP contribution in [0, 0.1) is 12.7 Å². The van der Waals surface area contributed by atoms with Crippen LogP contribution in [0.25, 0.3) is 0 Å². The molecule has 1 aromatic heterocycles. The van der Waals surface area contributed by atoms with E-state index in [2.05, 4.69) is 20.6 Å². The Morgan fingerprint density at radius 1 is 1.11 bits per heavy atom. The first-order valence-corrected chi connectivity index (χ1v) is 11.7. The van der Waals surface area contributed by atoms with E-state index in [0.717, 1.165) is 11.1 Å². The Labute approximate surface area is 210 Å². The zero-order valence-electron chi connectivity index (χ0n) is 21.3. The fourth-order valence-corrected chi connectivity index (χ4v) is 3.74. The van der Waals surface area contributed by atoms with Gasteiger partial charge in [-0.3, -0.25) is 0 Å². The molecule has 0 saturated carbocycles. The van der Waals surface area contributed by atoms with Crippen LogP contribution < -0.4 is 16.1 Å². The SMILES string of the molecule is COC(=O)c1cc(Nc2ncc(C)c(NCc3cccc(F)c3)n2)ccc1B1OC(C)(C)C(C)(C)O1. The lowest BCUT2D eigenvalue weighted by atomic mass is 9.75. The standard InChI is InChI=1S/C26H30BFN4O4/c1-16-14-30-24(32-22(16)29-15-17-8-7-9-18(28)12-17)31-19-10-11-21(20(13-19)23(33)34-6)27-35-25(2,3)26(4,5)36-27/h7-14H,15H2,1-6H3,(H2,29,30,31,32). The van der Waals surface area contributed by atoms with Crippen molar-refractivity contribution in [1.82, 2.24) is 9.97 Å². The maximum atomic E-state index is 13.5. The van der Waals surface area contributed by atoms with Gasteiger partial charge in [-0.1, -0.05) is 18.2 Å². The van der Waals surface area contributed by atoms with Gasteiger partial charge in [-0.15, -0.1) is 0 Å². The maximum Gasteiger partial charge on any atom is 0.495 e. The van der Waals surface area contributed by atoms with Gasteiger partial charge < -0.3 is 24.7 Å². The minimum absolute atomic E-state index is 0.290. The second kappa shape index (κ2) is 9.87. The number of aryl methyl sites for hydroxylation is 1. The number of nitrogens with one attached hydrogen (secondary N) is 2. The van der Waals surface area contributed by atoms with E-state index in [4.69, 9.17) is 14.0 Å². The molecular weight excluding hydrogens is 462 g/mol. The molecule has 2 aromatic carbocycles. The molecule has 4 rings (SSSR count). The van der Waals surface area contributed by atoms with Crippen LogP contribution in [0.15, 0.2) is 48.7 Å². The fourth-order valence-electron chi connectivity index (χ4n) is 3.74. The van der Waals surface area contributed by atoms with E-state index < -0.39 is 24.3 Å². The number of carbonyl (C=O) groups is 1. The molecule has 0 unspecified atom stereocenters. The summed E-state index contributed by atoms with van der Waals surface area (Å²) in [6.07, 6.45) is 1.68. The summed E-state index contributed by atoms with van der Waals surface area (Å²) in [6.45, 7) is 10.1. The zero-order valence-corrected chi connectivity index (χ0v) is 21.3. The van der Waals surface area contributed by atoms with Crippen LogP contribution in [0.2, 0.25) is 0 Å². The molecule has 1 fully saturated rings. The summed E-state index contributed by atoms with van der Waals surface area (Å²) in [7, 11) is 0.614. The van der Waals surface area contributed by atoms with Crippen LogP contribution in [-0.4, -0.2) is 41.4 Å². The zero-order chi connectivity index (χ0) is 26.1. The summed E-state index contributed by atoms with van der Waals surface area (Å²) in [5.74, 6) is 0.146. The van der Waals surface area contributed by atoms with Crippen molar-refractivity contribution in [2.75, 3.05) is 17.7 Å². The molecule has 1 aliphatic heterocycles. The highest BCUT2D eigenvalue weighted by molar-refractivity contribution is 6.63. The van der Waals surface area contributed by atoms with Crippen LogP contribution in [0.1, 0.15) is 49.2 Å². The second-order valence-corrected chi connectivity index (χ2v) is 9.72. The molecule has 188 valence electrons. The summed E-state index contributed by atoms with van der Waals surface area (Å²) in [4.78, 5) is 21.5. The molecule has 0 atom stereocenters.